The summed E-state index contributed by atoms with van der Waals surface area (Å²) in [6.07, 6.45) is 0. The molecule has 0 spiro atoms. The lowest BCUT2D eigenvalue weighted by atomic mass is 9.66. The second-order valence-corrected chi connectivity index (χ2v) is 16.9. The molecule has 1 aliphatic carbocycles. The van der Waals surface area contributed by atoms with Gasteiger partial charge in [-0.25, -0.2) is 0 Å². The average Bonchev–Trinajstić information content (AvgIpc) is 3.84. The van der Waals surface area contributed by atoms with Crippen LogP contribution in [0.4, 0.5) is 17.1 Å². The van der Waals surface area contributed by atoms with Crippen LogP contribution in [-0.4, -0.2) is 4.57 Å². The molecule has 13 rings (SSSR count). The second kappa shape index (κ2) is 13.9. The molecule has 0 atom stereocenters. The highest BCUT2D eigenvalue weighted by Gasteiger charge is 2.47. The molecule has 1 heterocycles. The summed E-state index contributed by atoms with van der Waals surface area (Å²) in [5.41, 5.74) is 13.9. The van der Waals surface area contributed by atoms with Crippen molar-refractivity contribution in [2.24, 2.45) is 0 Å². The Labute approximate surface area is 366 Å². The van der Waals surface area contributed by atoms with Crippen molar-refractivity contribution < 1.29 is 0 Å². The highest BCUT2D eigenvalue weighted by Crippen LogP contribution is 2.59. The van der Waals surface area contributed by atoms with Gasteiger partial charge in [0.05, 0.1) is 16.4 Å². The van der Waals surface area contributed by atoms with E-state index in [1.54, 1.807) is 0 Å². The van der Waals surface area contributed by atoms with Crippen LogP contribution in [0.5, 0.6) is 0 Å². The average molecular weight is 801 g/mol. The van der Waals surface area contributed by atoms with Crippen molar-refractivity contribution in [3.05, 3.63) is 265 Å². The van der Waals surface area contributed by atoms with E-state index in [-0.39, 0.29) is 0 Å². The maximum atomic E-state index is 2.49. The third-order valence-electron chi connectivity index (χ3n) is 13.5. The summed E-state index contributed by atoms with van der Waals surface area (Å²) in [4.78, 5) is 2.48. The van der Waals surface area contributed by atoms with E-state index in [1.165, 1.54) is 87.5 Å². The first-order chi connectivity index (χ1) is 31.2. The molecule has 11 aromatic carbocycles. The van der Waals surface area contributed by atoms with Gasteiger partial charge in [0.1, 0.15) is 0 Å². The van der Waals surface area contributed by atoms with Crippen LogP contribution in [-0.2, 0) is 5.41 Å². The fourth-order valence-electron chi connectivity index (χ4n) is 10.9. The lowest BCUT2D eigenvalue weighted by Crippen LogP contribution is -2.29. The van der Waals surface area contributed by atoms with E-state index in [9.17, 15) is 0 Å². The zero-order valence-electron chi connectivity index (χ0n) is 34.5. The van der Waals surface area contributed by atoms with E-state index < -0.39 is 5.41 Å². The van der Waals surface area contributed by atoms with Gasteiger partial charge >= 0.3 is 0 Å². The summed E-state index contributed by atoms with van der Waals surface area (Å²) < 4.78 is 2.42. The van der Waals surface area contributed by atoms with E-state index in [0.29, 0.717) is 0 Å². The number of aromatic nitrogens is 1. The molecule has 63 heavy (non-hydrogen) atoms. The summed E-state index contributed by atoms with van der Waals surface area (Å²) in [5.74, 6) is 0. The van der Waals surface area contributed by atoms with E-state index >= 15 is 0 Å². The summed E-state index contributed by atoms with van der Waals surface area (Å²) in [5, 5.41) is 9.90. The molecule has 2 heteroatoms. The maximum absolute atomic E-state index is 2.49. The largest absolute Gasteiger partial charge is 0.310 e. The summed E-state index contributed by atoms with van der Waals surface area (Å²) in [6.45, 7) is 0. The second-order valence-electron chi connectivity index (χ2n) is 16.9. The first-order valence-corrected chi connectivity index (χ1v) is 21.8. The van der Waals surface area contributed by atoms with E-state index in [2.05, 4.69) is 252 Å². The molecule has 0 amide bonds. The van der Waals surface area contributed by atoms with Gasteiger partial charge in [0.15, 0.2) is 0 Å². The van der Waals surface area contributed by atoms with Crippen molar-refractivity contribution >= 4 is 71.2 Å². The van der Waals surface area contributed by atoms with Crippen LogP contribution in [0.15, 0.2) is 243 Å². The molecule has 0 saturated heterocycles. The first-order valence-electron chi connectivity index (χ1n) is 21.8. The van der Waals surface area contributed by atoms with Crippen LogP contribution in [0.2, 0.25) is 0 Å². The molecule has 0 radical (unpaired) electrons. The van der Waals surface area contributed by atoms with Gasteiger partial charge in [-0.1, -0.05) is 176 Å². The smallest absolute Gasteiger partial charge is 0.0720 e. The molecule has 12 aromatic rings. The summed E-state index contributed by atoms with van der Waals surface area (Å²) >= 11 is 0. The van der Waals surface area contributed by atoms with Gasteiger partial charge in [-0.05, 0) is 132 Å². The summed E-state index contributed by atoms with van der Waals surface area (Å²) in [6, 6.07) is 89.9. The van der Waals surface area contributed by atoms with Crippen molar-refractivity contribution in [2.75, 3.05) is 4.90 Å². The predicted molar refractivity (Wildman–Crippen MR) is 265 cm³/mol. The van der Waals surface area contributed by atoms with Crippen molar-refractivity contribution in [1.82, 2.24) is 4.57 Å². The molecule has 0 bridgehead atoms. The Kier molecular flexibility index (Phi) is 7.85. The molecule has 0 N–H and O–H groups in total. The minimum atomic E-state index is -0.582. The Morgan fingerprint density at radius 2 is 0.825 bits per heavy atom. The Morgan fingerprint density at radius 1 is 0.317 bits per heavy atom. The molecule has 0 saturated carbocycles. The number of nitrogens with zero attached hydrogens (tertiary/aromatic N) is 2. The van der Waals surface area contributed by atoms with Gasteiger partial charge in [-0.2, -0.15) is 0 Å². The van der Waals surface area contributed by atoms with Crippen molar-refractivity contribution in [3.63, 3.8) is 0 Å². The fraction of sp³-hybridized carbons (Fsp3) is 0.0164. The lowest BCUT2D eigenvalue weighted by Gasteiger charge is -2.35. The number of rotatable bonds is 6. The van der Waals surface area contributed by atoms with E-state index in [4.69, 9.17) is 0 Å². The first kappa shape index (κ1) is 35.5. The molecule has 0 aliphatic heterocycles. The number of anilines is 3. The van der Waals surface area contributed by atoms with Crippen molar-refractivity contribution in [2.45, 2.75) is 5.41 Å². The minimum Gasteiger partial charge on any atom is -0.310 e. The van der Waals surface area contributed by atoms with Gasteiger partial charge in [-0.15, -0.1) is 0 Å². The molecular weight excluding hydrogens is 761 g/mol. The Balaban J connectivity index is 1.12. The number of para-hydroxylation sites is 2. The highest BCUT2D eigenvalue weighted by atomic mass is 15.1. The molecule has 2 nitrogen and oxygen atoms in total. The third-order valence-corrected chi connectivity index (χ3v) is 13.5. The Hall–Kier alpha value is -8.20. The minimum absolute atomic E-state index is 0.582. The fourth-order valence-corrected chi connectivity index (χ4v) is 10.9. The third kappa shape index (κ3) is 5.32. The quantitative estimate of drug-likeness (QED) is 0.152. The Bertz CT molecular complexity index is 3700. The zero-order chi connectivity index (χ0) is 41.5. The molecule has 294 valence electrons. The SMILES string of the molecule is c1ccc(-n2c3ccccc3c3ccc(N(c4ccc5c(c4)C(c4ccccc4)(c4ccccc4)c4c-5ccc5ccccc45)c4ccc5cc6ccccc6cc5c4)cc32)cc1. The standard InChI is InChI=1S/C61H40N2/c1-4-19-46(20-5-1)61(47-21-6-2-7-22-47)57-39-50(31-34-53(57)56-33-29-41-16-12-13-25-52(41)60(56)61)62(49-30-28-44-36-42-17-10-11-18-43(42)37-45(44)38-49)51-32-35-55-54-26-14-15-27-58(54)63(59(55)40-51)48-23-8-3-9-24-48/h1-40H. The van der Waals surface area contributed by atoms with Crippen LogP contribution in [0, 0.1) is 0 Å². The van der Waals surface area contributed by atoms with Crippen molar-refractivity contribution in [3.8, 4) is 16.8 Å². The van der Waals surface area contributed by atoms with Gasteiger partial charge in [0.2, 0.25) is 0 Å². The molecule has 1 aliphatic rings. The lowest BCUT2D eigenvalue weighted by molar-refractivity contribution is 0.775. The number of benzene rings is 11. The maximum Gasteiger partial charge on any atom is 0.0720 e. The molecular formula is C61H40N2. The van der Waals surface area contributed by atoms with Gasteiger partial charge in [0, 0.05) is 33.5 Å². The van der Waals surface area contributed by atoms with Crippen LogP contribution < -0.4 is 4.90 Å². The van der Waals surface area contributed by atoms with E-state index in [0.717, 1.165) is 22.7 Å². The normalized spacial score (nSPS) is 12.9. The number of hydrogen-bond acceptors (Lipinski definition) is 1. The Morgan fingerprint density at radius 3 is 1.57 bits per heavy atom. The molecule has 1 aromatic heterocycles. The highest BCUT2D eigenvalue weighted by molar-refractivity contribution is 6.11. The number of hydrogen-bond donors (Lipinski definition) is 0. The topological polar surface area (TPSA) is 8.17 Å². The zero-order valence-corrected chi connectivity index (χ0v) is 34.5. The van der Waals surface area contributed by atoms with E-state index in [1.807, 2.05) is 0 Å². The van der Waals surface area contributed by atoms with Gasteiger partial charge in [0.25, 0.3) is 0 Å². The molecule has 0 unspecified atom stereocenters. The van der Waals surface area contributed by atoms with Gasteiger partial charge in [-0.3, -0.25) is 0 Å². The van der Waals surface area contributed by atoms with Crippen molar-refractivity contribution in [1.29, 1.82) is 0 Å². The number of fused-ring (bicyclic) bond motifs is 10. The van der Waals surface area contributed by atoms with Gasteiger partial charge < -0.3 is 9.47 Å². The van der Waals surface area contributed by atoms with Crippen LogP contribution in [0.1, 0.15) is 22.3 Å². The molecule has 0 fully saturated rings. The monoisotopic (exact) mass is 800 g/mol. The van der Waals surface area contributed by atoms with Crippen LogP contribution >= 0.6 is 0 Å². The van der Waals surface area contributed by atoms with Crippen LogP contribution in [0.3, 0.4) is 0 Å². The predicted octanol–water partition coefficient (Wildman–Crippen LogP) is 16.1. The summed E-state index contributed by atoms with van der Waals surface area (Å²) in [7, 11) is 0. The van der Waals surface area contributed by atoms with Crippen LogP contribution in [0.25, 0.3) is 70.9 Å².